The first-order chi connectivity index (χ1) is 9.76. The molecule has 1 aromatic carbocycles. The second-order valence-corrected chi connectivity index (χ2v) is 4.41. The molecule has 0 saturated carbocycles. The van der Waals surface area contributed by atoms with Gasteiger partial charge in [0.2, 0.25) is 5.88 Å². The highest BCUT2D eigenvalue weighted by Gasteiger charge is 2.07. The standard InChI is InChI=1S/C13H11ClN4O2/c1-19-10-4-2-9(3-5-10)7-20-12-6-11(14)17-13-15-8-16-18(12)13/h2-6,8H,7H2,1H3. The topological polar surface area (TPSA) is 61.5 Å². The van der Waals surface area contributed by atoms with Crippen LogP contribution in [0.2, 0.25) is 5.15 Å². The van der Waals surface area contributed by atoms with Crippen molar-refractivity contribution in [1.82, 2.24) is 19.6 Å². The summed E-state index contributed by atoms with van der Waals surface area (Å²) in [7, 11) is 1.63. The number of methoxy groups -OCH3 is 1. The largest absolute Gasteiger partial charge is 0.497 e. The monoisotopic (exact) mass is 290 g/mol. The first-order valence-corrected chi connectivity index (χ1v) is 6.26. The maximum Gasteiger partial charge on any atom is 0.256 e. The zero-order valence-corrected chi connectivity index (χ0v) is 11.4. The van der Waals surface area contributed by atoms with Crippen LogP contribution in [-0.4, -0.2) is 26.7 Å². The zero-order valence-electron chi connectivity index (χ0n) is 10.7. The molecule has 0 spiro atoms. The van der Waals surface area contributed by atoms with Gasteiger partial charge in [0.25, 0.3) is 5.78 Å². The van der Waals surface area contributed by atoms with Crippen molar-refractivity contribution in [2.45, 2.75) is 6.61 Å². The molecule has 102 valence electrons. The Morgan fingerprint density at radius 1 is 1.25 bits per heavy atom. The van der Waals surface area contributed by atoms with Crippen molar-refractivity contribution in [2.75, 3.05) is 7.11 Å². The number of hydrogen-bond donors (Lipinski definition) is 0. The Kier molecular flexibility index (Phi) is 3.39. The van der Waals surface area contributed by atoms with E-state index in [9.17, 15) is 0 Å². The molecule has 0 aliphatic heterocycles. The third-order valence-electron chi connectivity index (χ3n) is 2.73. The Morgan fingerprint density at radius 3 is 2.80 bits per heavy atom. The van der Waals surface area contributed by atoms with E-state index in [2.05, 4.69) is 15.1 Å². The quantitative estimate of drug-likeness (QED) is 0.690. The Bertz CT molecular complexity index is 727. The van der Waals surface area contributed by atoms with E-state index in [0.717, 1.165) is 11.3 Å². The van der Waals surface area contributed by atoms with Crippen LogP contribution in [0.4, 0.5) is 0 Å². The van der Waals surface area contributed by atoms with Crippen LogP contribution in [0.1, 0.15) is 5.56 Å². The fourth-order valence-electron chi connectivity index (χ4n) is 1.74. The van der Waals surface area contributed by atoms with E-state index in [-0.39, 0.29) is 0 Å². The van der Waals surface area contributed by atoms with E-state index < -0.39 is 0 Å². The summed E-state index contributed by atoms with van der Waals surface area (Å²) in [6.45, 7) is 0.388. The molecule has 0 amide bonds. The predicted octanol–water partition coefficient (Wildman–Crippen LogP) is 2.37. The number of ether oxygens (including phenoxy) is 2. The lowest BCUT2D eigenvalue weighted by Gasteiger charge is -2.08. The molecule has 2 heterocycles. The van der Waals surface area contributed by atoms with Crippen LogP contribution in [0, 0.1) is 0 Å². The molecule has 20 heavy (non-hydrogen) atoms. The Labute approximate surface area is 119 Å². The average Bonchev–Trinajstić information content (AvgIpc) is 2.93. The van der Waals surface area contributed by atoms with E-state index >= 15 is 0 Å². The van der Waals surface area contributed by atoms with Crippen LogP contribution in [0.25, 0.3) is 5.78 Å². The minimum absolute atomic E-state index is 0.315. The van der Waals surface area contributed by atoms with Gasteiger partial charge in [0.15, 0.2) is 0 Å². The molecule has 0 bridgehead atoms. The highest BCUT2D eigenvalue weighted by Crippen LogP contribution is 2.18. The number of fused-ring (bicyclic) bond motifs is 1. The van der Waals surface area contributed by atoms with Crippen molar-refractivity contribution in [1.29, 1.82) is 0 Å². The predicted molar refractivity (Wildman–Crippen MR) is 73.1 cm³/mol. The highest BCUT2D eigenvalue weighted by molar-refractivity contribution is 6.29. The van der Waals surface area contributed by atoms with Crippen molar-refractivity contribution >= 4 is 17.4 Å². The molecule has 6 nitrogen and oxygen atoms in total. The molecule has 7 heteroatoms. The van der Waals surface area contributed by atoms with Crippen LogP contribution >= 0.6 is 11.6 Å². The summed E-state index contributed by atoms with van der Waals surface area (Å²) in [6, 6.07) is 9.22. The molecule has 3 aromatic rings. The van der Waals surface area contributed by atoms with Gasteiger partial charge in [-0.05, 0) is 17.7 Å². The molecule has 0 fully saturated rings. The first kappa shape index (κ1) is 12.7. The summed E-state index contributed by atoms with van der Waals surface area (Å²) in [5, 5.41) is 4.35. The van der Waals surface area contributed by atoms with Gasteiger partial charge in [0, 0.05) is 6.07 Å². The Balaban J connectivity index is 1.80. The summed E-state index contributed by atoms with van der Waals surface area (Å²) in [5.41, 5.74) is 1.01. The minimum atomic E-state index is 0.315. The smallest absolute Gasteiger partial charge is 0.256 e. The van der Waals surface area contributed by atoms with E-state index in [0.29, 0.717) is 23.4 Å². The number of aromatic nitrogens is 4. The number of rotatable bonds is 4. The normalized spacial score (nSPS) is 10.7. The van der Waals surface area contributed by atoms with Gasteiger partial charge in [-0.2, -0.15) is 19.6 Å². The van der Waals surface area contributed by atoms with Crippen molar-refractivity contribution in [2.24, 2.45) is 0 Å². The van der Waals surface area contributed by atoms with E-state index in [4.69, 9.17) is 21.1 Å². The van der Waals surface area contributed by atoms with Crippen LogP contribution in [-0.2, 0) is 6.61 Å². The second kappa shape index (κ2) is 5.34. The molecule has 3 rings (SSSR count). The van der Waals surface area contributed by atoms with Gasteiger partial charge in [-0.1, -0.05) is 23.7 Å². The lowest BCUT2D eigenvalue weighted by atomic mass is 10.2. The molecule has 0 saturated heterocycles. The van der Waals surface area contributed by atoms with Crippen molar-refractivity contribution in [3.8, 4) is 11.6 Å². The second-order valence-electron chi connectivity index (χ2n) is 4.03. The van der Waals surface area contributed by atoms with Crippen molar-refractivity contribution in [3.63, 3.8) is 0 Å². The molecular weight excluding hydrogens is 280 g/mol. The third kappa shape index (κ3) is 2.50. The summed E-state index contributed by atoms with van der Waals surface area (Å²) >= 11 is 5.91. The lowest BCUT2D eigenvalue weighted by Crippen LogP contribution is -2.02. The van der Waals surface area contributed by atoms with Gasteiger partial charge in [-0.15, -0.1) is 0 Å². The van der Waals surface area contributed by atoms with Crippen LogP contribution < -0.4 is 9.47 Å². The van der Waals surface area contributed by atoms with Gasteiger partial charge in [0.05, 0.1) is 7.11 Å². The zero-order chi connectivity index (χ0) is 13.9. The van der Waals surface area contributed by atoms with Crippen LogP contribution in [0.15, 0.2) is 36.7 Å². The number of nitrogens with zero attached hydrogens (tertiary/aromatic N) is 4. The van der Waals surface area contributed by atoms with Crippen molar-refractivity contribution in [3.05, 3.63) is 47.4 Å². The molecule has 2 aromatic heterocycles. The van der Waals surface area contributed by atoms with Gasteiger partial charge < -0.3 is 9.47 Å². The fourth-order valence-corrected chi connectivity index (χ4v) is 1.91. The maximum atomic E-state index is 5.91. The minimum Gasteiger partial charge on any atom is -0.497 e. The number of hydrogen-bond acceptors (Lipinski definition) is 5. The number of benzene rings is 1. The summed E-state index contributed by atoms with van der Waals surface area (Å²) in [5.74, 6) is 1.70. The molecule has 0 radical (unpaired) electrons. The van der Waals surface area contributed by atoms with E-state index in [1.807, 2.05) is 24.3 Å². The molecule has 0 unspecified atom stereocenters. The Morgan fingerprint density at radius 2 is 2.05 bits per heavy atom. The average molecular weight is 291 g/mol. The molecular formula is C13H11ClN4O2. The first-order valence-electron chi connectivity index (χ1n) is 5.88. The number of halogens is 1. The summed E-state index contributed by atoms with van der Waals surface area (Å²) < 4.78 is 12.3. The SMILES string of the molecule is COc1ccc(COc2cc(Cl)nc3ncnn23)cc1. The third-order valence-corrected chi connectivity index (χ3v) is 2.93. The van der Waals surface area contributed by atoms with E-state index in [1.54, 1.807) is 13.2 Å². The van der Waals surface area contributed by atoms with Crippen LogP contribution in [0.5, 0.6) is 11.6 Å². The molecule has 0 N–H and O–H groups in total. The van der Waals surface area contributed by atoms with Gasteiger partial charge in [0.1, 0.15) is 23.8 Å². The fraction of sp³-hybridized carbons (Fsp3) is 0.154. The molecule has 0 aliphatic carbocycles. The highest BCUT2D eigenvalue weighted by atomic mass is 35.5. The van der Waals surface area contributed by atoms with Crippen LogP contribution in [0.3, 0.4) is 0 Å². The summed E-state index contributed by atoms with van der Waals surface area (Å²) in [6.07, 6.45) is 1.40. The van der Waals surface area contributed by atoms with Gasteiger partial charge in [-0.25, -0.2) is 0 Å². The lowest BCUT2D eigenvalue weighted by molar-refractivity contribution is 0.285. The van der Waals surface area contributed by atoms with Crippen molar-refractivity contribution < 1.29 is 9.47 Å². The molecule has 0 aliphatic rings. The maximum absolute atomic E-state index is 5.91. The van der Waals surface area contributed by atoms with Gasteiger partial charge in [-0.3, -0.25) is 0 Å². The summed E-state index contributed by atoms with van der Waals surface area (Å²) in [4.78, 5) is 8.01. The van der Waals surface area contributed by atoms with E-state index in [1.165, 1.54) is 10.8 Å². The molecule has 0 atom stereocenters. The van der Waals surface area contributed by atoms with Gasteiger partial charge >= 0.3 is 0 Å². The Hall–Kier alpha value is -2.34.